The molecule has 0 aliphatic rings. The van der Waals surface area contributed by atoms with Crippen LogP contribution in [0.15, 0.2) is 21.1 Å². The van der Waals surface area contributed by atoms with Gasteiger partial charge in [-0.05, 0) is 6.92 Å². The third-order valence-electron chi connectivity index (χ3n) is 2.81. The Morgan fingerprint density at radius 1 is 1.50 bits per heavy atom. The fourth-order valence-corrected chi connectivity index (χ4v) is 1.89. The molecule has 0 spiro atoms. The number of nitrogens with zero attached hydrogens (tertiary/aromatic N) is 5. The summed E-state index contributed by atoms with van der Waals surface area (Å²) in [7, 11) is 1.41. The lowest BCUT2D eigenvalue weighted by Crippen LogP contribution is -2.43. The van der Waals surface area contributed by atoms with Gasteiger partial charge in [-0.25, -0.2) is 14.3 Å². The Kier molecular flexibility index (Phi) is 3.14. The first-order valence-electron chi connectivity index (χ1n) is 5.52. The number of fused-ring (bicyclic) bond motifs is 1. The van der Waals surface area contributed by atoms with E-state index in [1.807, 2.05) is 0 Å². The van der Waals surface area contributed by atoms with Crippen LogP contribution in [0.25, 0.3) is 11.2 Å². The van der Waals surface area contributed by atoms with Crippen molar-refractivity contribution in [2.45, 2.75) is 13.5 Å². The average molecular weight is 280 g/mol. The van der Waals surface area contributed by atoms with Gasteiger partial charge in [0.15, 0.2) is 17.0 Å². The maximum absolute atomic E-state index is 12.3. The van der Waals surface area contributed by atoms with Crippen molar-refractivity contribution in [2.75, 3.05) is 0 Å². The number of aromatic nitrogens is 4. The van der Waals surface area contributed by atoms with E-state index < -0.39 is 17.2 Å². The van der Waals surface area contributed by atoms with E-state index in [-0.39, 0.29) is 23.5 Å². The van der Waals surface area contributed by atoms with Crippen LogP contribution in [-0.2, 0) is 18.4 Å². The van der Waals surface area contributed by atoms with Gasteiger partial charge in [0.2, 0.25) is 5.91 Å². The van der Waals surface area contributed by atoms with Crippen LogP contribution in [-0.4, -0.2) is 35.6 Å². The molecule has 2 heterocycles. The molecule has 0 aromatic carbocycles. The Labute approximate surface area is 111 Å². The van der Waals surface area contributed by atoms with Gasteiger partial charge in [-0.15, -0.1) is 0 Å². The lowest BCUT2D eigenvalue weighted by Gasteiger charge is -2.07. The van der Waals surface area contributed by atoms with Gasteiger partial charge >= 0.3 is 5.69 Å². The minimum absolute atomic E-state index is 0.0221. The predicted molar refractivity (Wildman–Crippen MR) is 68.7 cm³/mol. The molecule has 0 atom stereocenters. The van der Waals surface area contributed by atoms with E-state index >= 15 is 0 Å². The van der Waals surface area contributed by atoms with Crippen molar-refractivity contribution in [1.82, 2.24) is 18.7 Å². The number of carbonyl (C=O) groups excluding carboxylic acids is 1. The normalized spacial score (nSPS) is 12.0. The van der Waals surface area contributed by atoms with Crippen molar-refractivity contribution in [1.29, 1.82) is 0 Å². The summed E-state index contributed by atoms with van der Waals surface area (Å²) in [6.07, 6.45) is 1.24. The van der Waals surface area contributed by atoms with E-state index in [2.05, 4.69) is 10.1 Å². The number of imidazole rings is 1. The summed E-state index contributed by atoms with van der Waals surface area (Å²) in [4.78, 5) is 39.2. The molecule has 2 rings (SSSR count). The highest BCUT2D eigenvalue weighted by molar-refractivity contribution is 5.84. The number of aryl methyl sites for hydroxylation is 1. The van der Waals surface area contributed by atoms with Crippen molar-refractivity contribution in [2.24, 2.45) is 17.9 Å². The number of amides is 1. The molecular formula is C10H12N6O4. The minimum atomic E-state index is -0.739. The van der Waals surface area contributed by atoms with E-state index in [0.717, 1.165) is 4.57 Å². The third kappa shape index (κ3) is 1.86. The summed E-state index contributed by atoms with van der Waals surface area (Å²) in [6, 6.07) is 0. The Hall–Kier alpha value is -2.91. The molecule has 0 aliphatic heterocycles. The SMILES string of the molecule is C/C(=N\O)n1c(=O)c2c(ncn2CC(N)=O)n(C)c1=O. The predicted octanol–water partition coefficient (Wildman–Crippen LogP) is -1.96. The lowest BCUT2D eigenvalue weighted by atomic mass is 10.4. The molecule has 2 aromatic rings. The van der Waals surface area contributed by atoms with Crippen LogP contribution in [0, 0.1) is 0 Å². The van der Waals surface area contributed by atoms with Crippen LogP contribution in [0.3, 0.4) is 0 Å². The van der Waals surface area contributed by atoms with Crippen LogP contribution in [0.4, 0.5) is 0 Å². The van der Waals surface area contributed by atoms with Gasteiger partial charge in [-0.1, -0.05) is 5.16 Å². The summed E-state index contributed by atoms with van der Waals surface area (Å²) in [5, 5.41) is 11.6. The standard InChI is InChI=1S/C10H12N6O4/c1-5(13-20)16-9(18)7-8(14(2)10(16)19)12-4-15(7)3-6(11)17/h4,20H,3H2,1-2H3,(H2,11,17)/b13-5+. The number of rotatable bonds is 2. The van der Waals surface area contributed by atoms with Crippen molar-refractivity contribution in [3.8, 4) is 0 Å². The molecule has 10 heteroatoms. The van der Waals surface area contributed by atoms with Gasteiger partial charge in [0.05, 0.1) is 6.33 Å². The first-order valence-corrected chi connectivity index (χ1v) is 5.52. The van der Waals surface area contributed by atoms with Crippen molar-refractivity contribution < 1.29 is 10.0 Å². The highest BCUT2D eigenvalue weighted by Crippen LogP contribution is 2.05. The van der Waals surface area contributed by atoms with Gasteiger partial charge < -0.3 is 15.5 Å². The molecule has 1 amide bonds. The van der Waals surface area contributed by atoms with E-state index in [0.29, 0.717) is 4.57 Å². The minimum Gasteiger partial charge on any atom is -0.409 e. The molecule has 0 saturated carbocycles. The fourth-order valence-electron chi connectivity index (χ4n) is 1.89. The summed E-state index contributed by atoms with van der Waals surface area (Å²) >= 11 is 0. The number of primary amides is 1. The second-order valence-electron chi connectivity index (χ2n) is 4.14. The zero-order valence-electron chi connectivity index (χ0n) is 10.8. The van der Waals surface area contributed by atoms with Crippen LogP contribution < -0.4 is 17.0 Å². The Morgan fingerprint density at radius 3 is 2.70 bits per heavy atom. The summed E-state index contributed by atoms with van der Waals surface area (Å²) < 4.78 is 3.03. The highest BCUT2D eigenvalue weighted by Gasteiger charge is 2.18. The number of carbonyl (C=O) groups is 1. The van der Waals surface area contributed by atoms with E-state index in [9.17, 15) is 14.4 Å². The molecule has 0 bridgehead atoms. The highest BCUT2D eigenvalue weighted by atomic mass is 16.4. The fraction of sp³-hybridized carbons (Fsp3) is 0.300. The smallest absolute Gasteiger partial charge is 0.338 e. The van der Waals surface area contributed by atoms with E-state index in [4.69, 9.17) is 10.9 Å². The van der Waals surface area contributed by atoms with E-state index in [1.165, 1.54) is 24.9 Å². The molecule has 3 N–H and O–H groups in total. The van der Waals surface area contributed by atoms with Gasteiger partial charge in [0.25, 0.3) is 5.56 Å². The number of hydrogen-bond donors (Lipinski definition) is 2. The maximum atomic E-state index is 12.3. The Morgan fingerprint density at radius 2 is 2.15 bits per heavy atom. The number of hydrogen-bond acceptors (Lipinski definition) is 6. The molecule has 0 unspecified atom stereocenters. The molecule has 106 valence electrons. The lowest BCUT2D eigenvalue weighted by molar-refractivity contribution is -0.118. The number of nitrogens with two attached hydrogens (primary N) is 1. The van der Waals surface area contributed by atoms with Gasteiger partial charge in [0, 0.05) is 7.05 Å². The second kappa shape index (κ2) is 4.64. The van der Waals surface area contributed by atoms with Crippen LogP contribution in [0.1, 0.15) is 6.92 Å². The van der Waals surface area contributed by atoms with Crippen molar-refractivity contribution in [3.05, 3.63) is 27.2 Å². The zero-order valence-corrected chi connectivity index (χ0v) is 10.8. The van der Waals surface area contributed by atoms with Gasteiger partial charge in [-0.2, -0.15) is 0 Å². The van der Waals surface area contributed by atoms with Gasteiger partial charge in [-0.3, -0.25) is 14.2 Å². The number of oxime groups is 1. The zero-order chi connectivity index (χ0) is 15.0. The molecular weight excluding hydrogens is 268 g/mol. The monoisotopic (exact) mass is 280 g/mol. The average Bonchev–Trinajstić information content (AvgIpc) is 2.79. The van der Waals surface area contributed by atoms with Crippen LogP contribution >= 0.6 is 0 Å². The molecule has 0 radical (unpaired) electrons. The molecule has 10 nitrogen and oxygen atoms in total. The Bertz CT molecular complexity index is 840. The quantitative estimate of drug-likeness (QED) is 0.284. The summed E-state index contributed by atoms with van der Waals surface area (Å²) in [5.74, 6) is -0.846. The first-order chi connectivity index (χ1) is 9.38. The maximum Gasteiger partial charge on any atom is 0.338 e. The second-order valence-corrected chi connectivity index (χ2v) is 4.14. The summed E-state index contributed by atoms with van der Waals surface area (Å²) in [5.41, 5.74) is 3.78. The van der Waals surface area contributed by atoms with E-state index in [1.54, 1.807) is 0 Å². The van der Waals surface area contributed by atoms with Crippen molar-refractivity contribution in [3.63, 3.8) is 0 Å². The van der Waals surface area contributed by atoms with Crippen LogP contribution in [0.5, 0.6) is 0 Å². The third-order valence-corrected chi connectivity index (χ3v) is 2.81. The first kappa shape index (κ1) is 13.5. The largest absolute Gasteiger partial charge is 0.409 e. The molecule has 2 aromatic heterocycles. The van der Waals surface area contributed by atoms with Gasteiger partial charge in [0.1, 0.15) is 6.54 Å². The molecule has 0 aliphatic carbocycles. The molecule has 20 heavy (non-hydrogen) atoms. The van der Waals surface area contributed by atoms with Crippen LogP contribution in [0.2, 0.25) is 0 Å². The topological polar surface area (TPSA) is 138 Å². The summed E-state index contributed by atoms with van der Waals surface area (Å²) in [6.45, 7) is 1.04. The van der Waals surface area contributed by atoms with Crippen molar-refractivity contribution >= 4 is 22.9 Å². The Balaban J connectivity index is 2.95. The molecule has 0 saturated heterocycles. The molecule has 0 fully saturated rings.